The number of aromatic nitrogens is 4. The van der Waals surface area contributed by atoms with Gasteiger partial charge in [0, 0.05) is 23.7 Å². The molecule has 7 heteroatoms. The minimum Gasteiger partial charge on any atom is -0.322 e. The highest BCUT2D eigenvalue weighted by atomic mass is 16.1. The number of fused-ring (bicyclic) bond motifs is 1. The van der Waals surface area contributed by atoms with E-state index >= 15 is 0 Å². The topological polar surface area (TPSA) is 88.5 Å². The summed E-state index contributed by atoms with van der Waals surface area (Å²) in [4.78, 5) is 13.1. The number of nitriles is 1. The first kappa shape index (κ1) is 19.4. The predicted molar refractivity (Wildman–Crippen MR) is 116 cm³/mol. The molecule has 150 valence electrons. The molecular formula is C23H22N6O. The van der Waals surface area contributed by atoms with Crippen molar-refractivity contribution in [3.63, 3.8) is 0 Å². The zero-order valence-corrected chi connectivity index (χ0v) is 17.1. The molecule has 0 spiro atoms. The summed E-state index contributed by atoms with van der Waals surface area (Å²) in [5, 5.41) is 22.1. The second-order valence-corrected chi connectivity index (χ2v) is 7.34. The van der Waals surface area contributed by atoms with E-state index in [9.17, 15) is 10.1 Å². The molecule has 7 nitrogen and oxygen atoms in total. The lowest BCUT2D eigenvalue weighted by molar-refractivity contribution is 0.102. The quantitative estimate of drug-likeness (QED) is 0.540. The van der Waals surface area contributed by atoms with Gasteiger partial charge in [0.1, 0.15) is 5.69 Å². The van der Waals surface area contributed by atoms with E-state index in [1.807, 2.05) is 45.3 Å². The number of nitrogens with zero attached hydrogens (tertiary/aromatic N) is 5. The number of amides is 1. The van der Waals surface area contributed by atoms with Crippen molar-refractivity contribution >= 4 is 22.5 Å². The van der Waals surface area contributed by atoms with Crippen molar-refractivity contribution in [2.24, 2.45) is 7.05 Å². The maximum Gasteiger partial charge on any atom is 0.255 e. The van der Waals surface area contributed by atoms with Crippen LogP contribution < -0.4 is 5.32 Å². The van der Waals surface area contributed by atoms with Crippen molar-refractivity contribution < 1.29 is 4.79 Å². The molecule has 1 amide bonds. The minimum absolute atomic E-state index is 0.107. The molecular weight excluding hydrogens is 376 g/mol. The summed E-state index contributed by atoms with van der Waals surface area (Å²) in [5.74, 6) is -0.120. The molecule has 0 saturated carbocycles. The van der Waals surface area contributed by atoms with E-state index in [1.54, 1.807) is 40.0 Å². The molecule has 1 N–H and O–H groups in total. The second kappa shape index (κ2) is 7.84. The number of hydrogen-bond acceptors (Lipinski definition) is 4. The number of hydrogen-bond donors (Lipinski definition) is 1. The van der Waals surface area contributed by atoms with Crippen molar-refractivity contribution in [2.45, 2.75) is 26.2 Å². The number of aryl methyl sites for hydroxylation is 1. The summed E-state index contributed by atoms with van der Waals surface area (Å²) < 4.78 is 3.51. The Morgan fingerprint density at radius 1 is 1.23 bits per heavy atom. The first-order chi connectivity index (χ1) is 14.5. The third kappa shape index (κ3) is 3.44. The van der Waals surface area contributed by atoms with Crippen LogP contribution in [0.4, 0.5) is 5.69 Å². The van der Waals surface area contributed by atoms with Gasteiger partial charge in [-0.15, -0.1) is 0 Å². The third-order valence-electron chi connectivity index (χ3n) is 5.34. The first-order valence-electron chi connectivity index (χ1n) is 9.83. The van der Waals surface area contributed by atoms with Crippen molar-refractivity contribution in [1.82, 2.24) is 19.6 Å². The molecule has 1 unspecified atom stereocenters. The Morgan fingerprint density at radius 3 is 2.77 bits per heavy atom. The van der Waals surface area contributed by atoms with Gasteiger partial charge < -0.3 is 5.32 Å². The lowest BCUT2D eigenvalue weighted by atomic mass is 9.89. The third-order valence-corrected chi connectivity index (χ3v) is 5.34. The average Bonchev–Trinajstić information content (AvgIpc) is 3.38. The first-order valence-corrected chi connectivity index (χ1v) is 9.83. The van der Waals surface area contributed by atoms with E-state index in [1.165, 1.54) is 0 Å². The van der Waals surface area contributed by atoms with Gasteiger partial charge in [0.05, 0.1) is 35.7 Å². The van der Waals surface area contributed by atoms with Crippen LogP contribution in [0.15, 0.2) is 55.0 Å². The molecule has 0 aliphatic rings. The Balaban J connectivity index is 1.70. The summed E-state index contributed by atoms with van der Waals surface area (Å²) >= 11 is 0. The molecule has 30 heavy (non-hydrogen) atoms. The highest BCUT2D eigenvalue weighted by molar-refractivity contribution is 6.06. The van der Waals surface area contributed by atoms with Crippen LogP contribution in [0.3, 0.4) is 0 Å². The van der Waals surface area contributed by atoms with E-state index < -0.39 is 0 Å². The maximum absolute atomic E-state index is 13.1. The van der Waals surface area contributed by atoms with Gasteiger partial charge in [0.15, 0.2) is 0 Å². The molecule has 0 radical (unpaired) electrons. The number of anilines is 1. The van der Waals surface area contributed by atoms with E-state index in [4.69, 9.17) is 0 Å². The Bertz CT molecular complexity index is 1280. The molecule has 2 aromatic carbocycles. The fourth-order valence-electron chi connectivity index (χ4n) is 3.61. The van der Waals surface area contributed by atoms with Gasteiger partial charge in [-0.2, -0.15) is 15.5 Å². The minimum atomic E-state index is -0.228. The van der Waals surface area contributed by atoms with E-state index in [0.29, 0.717) is 16.8 Å². The number of benzene rings is 2. The summed E-state index contributed by atoms with van der Waals surface area (Å²) in [5.41, 5.74) is 4.24. The normalized spacial score (nSPS) is 11.9. The zero-order chi connectivity index (χ0) is 21.3. The maximum atomic E-state index is 13.1. The van der Waals surface area contributed by atoms with Crippen LogP contribution in [-0.4, -0.2) is 25.5 Å². The average molecular weight is 398 g/mol. The molecule has 2 aromatic heterocycles. The highest BCUT2D eigenvalue weighted by Gasteiger charge is 2.19. The van der Waals surface area contributed by atoms with Crippen molar-refractivity contribution in [1.29, 1.82) is 5.26 Å². The van der Waals surface area contributed by atoms with Crippen LogP contribution in [-0.2, 0) is 7.05 Å². The van der Waals surface area contributed by atoms with Crippen LogP contribution in [0.2, 0.25) is 0 Å². The summed E-state index contributed by atoms with van der Waals surface area (Å²) in [6, 6.07) is 13.2. The SMILES string of the molecule is CCC(C)c1c(C#N)cccc1C(=O)Nc1ccc2cnn(-c3cnn(C)c3)c2c1. The van der Waals surface area contributed by atoms with Crippen LogP contribution in [0.1, 0.15) is 47.7 Å². The van der Waals surface area contributed by atoms with Gasteiger partial charge in [0.2, 0.25) is 0 Å². The molecule has 0 aliphatic carbocycles. The molecule has 0 aliphatic heterocycles. The Kier molecular flexibility index (Phi) is 5.07. The number of nitrogens with one attached hydrogen (secondary N) is 1. The van der Waals surface area contributed by atoms with Gasteiger partial charge in [0.25, 0.3) is 5.91 Å². The zero-order valence-electron chi connectivity index (χ0n) is 17.1. The van der Waals surface area contributed by atoms with Crippen LogP contribution in [0.25, 0.3) is 16.6 Å². The lowest BCUT2D eigenvalue weighted by Gasteiger charge is -2.16. The fourth-order valence-corrected chi connectivity index (χ4v) is 3.61. The molecule has 1 atom stereocenters. The van der Waals surface area contributed by atoms with Gasteiger partial charge in [-0.3, -0.25) is 9.48 Å². The van der Waals surface area contributed by atoms with Gasteiger partial charge in [-0.05, 0) is 48.2 Å². The van der Waals surface area contributed by atoms with Crippen molar-refractivity contribution in [3.8, 4) is 11.8 Å². The fraction of sp³-hybridized carbons (Fsp3) is 0.217. The molecule has 4 aromatic rings. The monoisotopic (exact) mass is 398 g/mol. The highest BCUT2D eigenvalue weighted by Crippen LogP contribution is 2.28. The van der Waals surface area contributed by atoms with E-state index in [-0.39, 0.29) is 11.8 Å². The number of carbonyl (C=O) groups is 1. The molecule has 2 heterocycles. The standard InChI is InChI=1S/C23H22N6O/c1-4-15(2)22-16(11-24)6-5-7-20(22)23(30)27-18-9-8-17-12-26-29(21(17)10-18)19-13-25-28(3)14-19/h5-10,12-15H,4H2,1-3H3,(H,27,30). The molecule has 0 saturated heterocycles. The molecule has 0 bridgehead atoms. The van der Waals surface area contributed by atoms with Gasteiger partial charge in [-0.25, -0.2) is 4.68 Å². The lowest BCUT2D eigenvalue weighted by Crippen LogP contribution is -2.16. The summed E-state index contributed by atoms with van der Waals surface area (Å²) in [6.07, 6.45) is 6.24. The Morgan fingerprint density at radius 2 is 2.07 bits per heavy atom. The smallest absolute Gasteiger partial charge is 0.255 e. The molecule has 4 rings (SSSR count). The number of carbonyl (C=O) groups excluding carboxylic acids is 1. The summed E-state index contributed by atoms with van der Waals surface area (Å²) in [6.45, 7) is 4.08. The van der Waals surface area contributed by atoms with Crippen LogP contribution in [0, 0.1) is 11.3 Å². The van der Waals surface area contributed by atoms with Gasteiger partial charge >= 0.3 is 0 Å². The Hall–Kier alpha value is -3.92. The van der Waals surface area contributed by atoms with E-state index in [2.05, 4.69) is 21.6 Å². The van der Waals surface area contributed by atoms with Crippen LogP contribution in [0.5, 0.6) is 0 Å². The van der Waals surface area contributed by atoms with Gasteiger partial charge in [-0.1, -0.05) is 19.9 Å². The number of rotatable bonds is 5. The predicted octanol–water partition coefficient (Wildman–Crippen LogP) is 4.40. The summed E-state index contributed by atoms with van der Waals surface area (Å²) in [7, 11) is 1.85. The van der Waals surface area contributed by atoms with Crippen LogP contribution >= 0.6 is 0 Å². The Labute approximate surface area is 174 Å². The van der Waals surface area contributed by atoms with Crippen molar-refractivity contribution in [2.75, 3.05) is 5.32 Å². The van der Waals surface area contributed by atoms with E-state index in [0.717, 1.165) is 28.6 Å². The van der Waals surface area contributed by atoms with Crippen molar-refractivity contribution in [3.05, 3.63) is 71.7 Å². The second-order valence-electron chi connectivity index (χ2n) is 7.34. The molecule has 0 fully saturated rings. The largest absolute Gasteiger partial charge is 0.322 e.